The quantitative estimate of drug-likeness (QED) is 0.624. The number of aliphatic imine (C=N–C) groups is 1. The Balaban J connectivity index is 1.78. The third kappa shape index (κ3) is 7.45. The van der Waals surface area contributed by atoms with E-state index in [1.54, 1.807) is 24.1 Å². The molecule has 0 aliphatic carbocycles. The molecular weight excluding hydrogens is 347 g/mol. The van der Waals surface area contributed by atoms with Crippen LogP contribution in [0.5, 0.6) is 0 Å². The molecule has 6 nitrogen and oxygen atoms in total. The molecule has 2 rings (SSSR count). The Morgan fingerprint density at radius 2 is 2.00 bits per heavy atom. The van der Waals surface area contributed by atoms with Crippen LogP contribution in [-0.2, 0) is 11.3 Å². The fourth-order valence-corrected chi connectivity index (χ4v) is 2.97. The number of benzene rings is 1. The number of amides is 1. The van der Waals surface area contributed by atoms with Crippen LogP contribution in [0.3, 0.4) is 0 Å². The molecule has 0 spiro atoms. The molecule has 150 valence electrons. The van der Waals surface area contributed by atoms with E-state index in [2.05, 4.69) is 15.6 Å². The number of likely N-dealkylation sites (tertiary alicyclic amines) is 1. The van der Waals surface area contributed by atoms with E-state index in [-0.39, 0.29) is 11.9 Å². The molecule has 1 atom stereocenters. The molecule has 7 heteroatoms. The summed E-state index contributed by atoms with van der Waals surface area (Å²) in [6.45, 7) is 8.34. The summed E-state index contributed by atoms with van der Waals surface area (Å²) >= 11 is 0. The summed E-state index contributed by atoms with van der Waals surface area (Å²) < 4.78 is 18.4. The molecule has 1 aliphatic rings. The molecule has 1 fully saturated rings. The summed E-state index contributed by atoms with van der Waals surface area (Å²) in [5.41, 5.74) is 0.502. The van der Waals surface area contributed by atoms with Gasteiger partial charge in [0, 0.05) is 33.2 Å². The Hall–Kier alpha value is -2.31. The van der Waals surface area contributed by atoms with Crippen molar-refractivity contribution in [2.75, 3.05) is 26.7 Å². The van der Waals surface area contributed by atoms with Gasteiger partial charge in [0.1, 0.15) is 11.4 Å². The highest BCUT2D eigenvalue weighted by Gasteiger charge is 2.27. The Labute approximate surface area is 161 Å². The second-order valence-corrected chi connectivity index (χ2v) is 7.87. The highest BCUT2D eigenvalue weighted by Crippen LogP contribution is 2.18. The monoisotopic (exact) mass is 378 g/mol. The largest absolute Gasteiger partial charge is 0.444 e. The van der Waals surface area contributed by atoms with Gasteiger partial charge in [0.25, 0.3) is 0 Å². The molecule has 27 heavy (non-hydrogen) atoms. The summed E-state index contributed by atoms with van der Waals surface area (Å²) in [5.74, 6) is 0.789. The molecular formula is C20H31FN4O2. The number of piperidine rings is 1. The summed E-state index contributed by atoms with van der Waals surface area (Å²) in [7, 11) is 1.72. The lowest BCUT2D eigenvalue weighted by Gasteiger charge is -2.34. The molecule has 1 saturated heterocycles. The van der Waals surface area contributed by atoms with Crippen molar-refractivity contribution >= 4 is 12.1 Å². The molecule has 1 aromatic carbocycles. The lowest BCUT2D eigenvalue weighted by atomic mass is 9.98. The molecule has 1 aliphatic heterocycles. The average molecular weight is 378 g/mol. The van der Waals surface area contributed by atoms with Crippen molar-refractivity contribution in [2.45, 2.75) is 45.8 Å². The third-order valence-electron chi connectivity index (χ3n) is 4.33. The zero-order chi connectivity index (χ0) is 19.9. The van der Waals surface area contributed by atoms with E-state index < -0.39 is 5.60 Å². The van der Waals surface area contributed by atoms with Crippen LogP contribution in [0, 0.1) is 11.7 Å². The molecule has 1 amide bonds. The summed E-state index contributed by atoms with van der Waals surface area (Å²) in [4.78, 5) is 18.3. The Kier molecular flexibility index (Phi) is 7.45. The van der Waals surface area contributed by atoms with Crippen LogP contribution in [0.1, 0.15) is 39.2 Å². The number of rotatable bonds is 4. The molecule has 1 heterocycles. The van der Waals surface area contributed by atoms with Crippen molar-refractivity contribution in [3.63, 3.8) is 0 Å². The maximum Gasteiger partial charge on any atom is 0.410 e. The highest BCUT2D eigenvalue weighted by atomic mass is 19.1. The number of carbonyl (C=O) groups is 1. The van der Waals surface area contributed by atoms with E-state index in [1.165, 1.54) is 12.1 Å². The van der Waals surface area contributed by atoms with Gasteiger partial charge in [0.2, 0.25) is 0 Å². The number of nitrogens with one attached hydrogen (secondary N) is 2. The lowest BCUT2D eigenvalue weighted by molar-refractivity contribution is 0.0168. The summed E-state index contributed by atoms with van der Waals surface area (Å²) in [6.07, 6.45) is 1.78. The van der Waals surface area contributed by atoms with E-state index in [4.69, 9.17) is 4.74 Å². The SMILES string of the molecule is CN=C(NCc1ccc(F)cc1)NCC1CCCN(C(=O)OC(C)(C)C)C1. The van der Waals surface area contributed by atoms with Gasteiger partial charge in [0.15, 0.2) is 5.96 Å². The van der Waals surface area contributed by atoms with Crippen molar-refractivity contribution < 1.29 is 13.9 Å². The van der Waals surface area contributed by atoms with E-state index >= 15 is 0 Å². The first-order valence-electron chi connectivity index (χ1n) is 9.44. The van der Waals surface area contributed by atoms with E-state index in [0.29, 0.717) is 25.0 Å². The minimum Gasteiger partial charge on any atom is -0.444 e. The maximum atomic E-state index is 13.0. The predicted octanol–water partition coefficient (Wildman–Crippen LogP) is 3.14. The van der Waals surface area contributed by atoms with Crippen LogP contribution in [0.2, 0.25) is 0 Å². The van der Waals surface area contributed by atoms with Gasteiger partial charge in [-0.05, 0) is 57.2 Å². The Bertz CT molecular complexity index is 640. The first-order chi connectivity index (χ1) is 12.8. The van der Waals surface area contributed by atoms with Crippen LogP contribution < -0.4 is 10.6 Å². The van der Waals surface area contributed by atoms with Gasteiger partial charge in [-0.3, -0.25) is 4.99 Å². The molecule has 1 unspecified atom stereocenters. The van der Waals surface area contributed by atoms with Crippen LogP contribution in [0.25, 0.3) is 0 Å². The molecule has 0 aromatic heterocycles. The number of hydrogen-bond donors (Lipinski definition) is 2. The first kappa shape index (κ1) is 21.0. The first-order valence-corrected chi connectivity index (χ1v) is 9.44. The lowest BCUT2D eigenvalue weighted by Crippen LogP contribution is -2.47. The standard InChI is InChI=1S/C20H31FN4O2/c1-20(2,3)27-19(26)25-11-5-6-16(14-25)13-24-18(22-4)23-12-15-7-9-17(21)10-8-15/h7-10,16H,5-6,11-14H2,1-4H3,(H2,22,23,24). The minimum atomic E-state index is -0.478. The summed E-state index contributed by atoms with van der Waals surface area (Å²) in [5, 5.41) is 6.54. The molecule has 2 N–H and O–H groups in total. The molecule has 0 bridgehead atoms. The normalized spacial score (nSPS) is 18.2. The fraction of sp³-hybridized carbons (Fsp3) is 0.600. The molecule has 1 aromatic rings. The predicted molar refractivity (Wildman–Crippen MR) is 105 cm³/mol. The maximum absolute atomic E-state index is 13.0. The van der Waals surface area contributed by atoms with Gasteiger partial charge in [-0.25, -0.2) is 9.18 Å². The molecule has 0 radical (unpaired) electrons. The Morgan fingerprint density at radius 3 is 2.63 bits per heavy atom. The number of hydrogen-bond acceptors (Lipinski definition) is 3. The van der Waals surface area contributed by atoms with E-state index in [9.17, 15) is 9.18 Å². The number of carbonyl (C=O) groups excluding carboxylic acids is 1. The van der Waals surface area contributed by atoms with Gasteiger partial charge in [-0.1, -0.05) is 12.1 Å². The number of ether oxygens (including phenoxy) is 1. The van der Waals surface area contributed by atoms with Crippen molar-refractivity contribution in [1.82, 2.24) is 15.5 Å². The van der Waals surface area contributed by atoms with Gasteiger partial charge in [0.05, 0.1) is 0 Å². The zero-order valence-electron chi connectivity index (χ0n) is 16.7. The Morgan fingerprint density at radius 1 is 1.30 bits per heavy atom. The van der Waals surface area contributed by atoms with Crippen molar-refractivity contribution in [3.05, 3.63) is 35.6 Å². The number of guanidine groups is 1. The van der Waals surface area contributed by atoms with Crippen LogP contribution in [0.15, 0.2) is 29.3 Å². The van der Waals surface area contributed by atoms with Crippen LogP contribution in [0.4, 0.5) is 9.18 Å². The van der Waals surface area contributed by atoms with Gasteiger partial charge < -0.3 is 20.3 Å². The number of halogens is 1. The molecule has 0 saturated carbocycles. The van der Waals surface area contributed by atoms with Crippen LogP contribution >= 0.6 is 0 Å². The fourth-order valence-electron chi connectivity index (χ4n) is 2.97. The zero-order valence-corrected chi connectivity index (χ0v) is 16.7. The van der Waals surface area contributed by atoms with E-state index in [0.717, 1.165) is 31.5 Å². The third-order valence-corrected chi connectivity index (χ3v) is 4.33. The number of nitrogens with zero attached hydrogens (tertiary/aromatic N) is 2. The van der Waals surface area contributed by atoms with Gasteiger partial charge >= 0.3 is 6.09 Å². The smallest absolute Gasteiger partial charge is 0.410 e. The second-order valence-electron chi connectivity index (χ2n) is 7.87. The van der Waals surface area contributed by atoms with Gasteiger partial charge in [-0.2, -0.15) is 0 Å². The van der Waals surface area contributed by atoms with Crippen LogP contribution in [-0.4, -0.2) is 49.2 Å². The van der Waals surface area contributed by atoms with Crippen molar-refractivity contribution in [2.24, 2.45) is 10.9 Å². The summed E-state index contributed by atoms with van der Waals surface area (Å²) in [6, 6.07) is 6.38. The topological polar surface area (TPSA) is 66.0 Å². The highest BCUT2D eigenvalue weighted by molar-refractivity contribution is 5.79. The average Bonchev–Trinajstić information content (AvgIpc) is 2.62. The van der Waals surface area contributed by atoms with Crippen molar-refractivity contribution in [1.29, 1.82) is 0 Å². The van der Waals surface area contributed by atoms with Crippen molar-refractivity contribution in [3.8, 4) is 0 Å². The minimum absolute atomic E-state index is 0.243. The van der Waals surface area contributed by atoms with Gasteiger partial charge in [-0.15, -0.1) is 0 Å². The second kappa shape index (κ2) is 9.58. The van der Waals surface area contributed by atoms with E-state index in [1.807, 2.05) is 20.8 Å².